The number of thioether (sulfide) groups is 1. The first kappa shape index (κ1) is 26.3. The zero-order valence-corrected chi connectivity index (χ0v) is 20.6. The van der Waals surface area contributed by atoms with Crippen LogP contribution >= 0.6 is 11.8 Å². The molecule has 1 saturated heterocycles. The van der Waals surface area contributed by atoms with Crippen LogP contribution in [0, 0.1) is 0 Å². The summed E-state index contributed by atoms with van der Waals surface area (Å²) in [6.45, 7) is 1.42. The number of anilines is 1. The van der Waals surface area contributed by atoms with E-state index in [4.69, 9.17) is 15.2 Å². The number of nitrogens with one attached hydrogen (secondary N) is 1. The maximum Gasteiger partial charge on any atom is 0.416 e. The minimum absolute atomic E-state index is 0.0688. The summed E-state index contributed by atoms with van der Waals surface area (Å²) >= 11 is 0.964. The fourth-order valence-electron chi connectivity index (χ4n) is 4.38. The van der Waals surface area contributed by atoms with Gasteiger partial charge in [-0.1, -0.05) is 12.1 Å². The number of aromatic nitrogens is 2. The molecule has 1 aromatic heterocycles. The van der Waals surface area contributed by atoms with Crippen molar-refractivity contribution in [1.82, 2.24) is 20.2 Å². The van der Waals surface area contributed by atoms with Crippen molar-refractivity contribution >= 4 is 35.5 Å². The monoisotopic (exact) mass is 540 g/mol. The Morgan fingerprint density at radius 3 is 2.51 bits per heavy atom. The number of carbonyl (C=O) groups is 3. The van der Waals surface area contributed by atoms with Gasteiger partial charge < -0.3 is 25.4 Å². The number of piperidine rings is 1. The molecule has 0 saturated carbocycles. The van der Waals surface area contributed by atoms with Crippen LogP contribution in [0.1, 0.15) is 30.9 Å². The van der Waals surface area contributed by atoms with E-state index in [1.54, 1.807) is 0 Å². The fourth-order valence-corrected chi connectivity index (χ4v) is 5.42. The number of amides is 4. The first-order valence-corrected chi connectivity index (χ1v) is 11.9. The maximum atomic E-state index is 13.3. The Morgan fingerprint density at radius 2 is 1.92 bits per heavy atom. The van der Waals surface area contributed by atoms with Gasteiger partial charge >= 0.3 is 18.3 Å². The molecule has 4 amide bonds. The fraction of sp³-hybridized carbons (Fsp3) is 0.409. The average molecular weight is 541 g/mol. The van der Waals surface area contributed by atoms with Crippen molar-refractivity contribution < 1.29 is 37.0 Å². The molecule has 1 atom stereocenters. The molecule has 198 valence electrons. The van der Waals surface area contributed by atoms with Crippen molar-refractivity contribution in [2.24, 2.45) is 5.73 Å². The number of benzene rings is 1. The van der Waals surface area contributed by atoms with Crippen molar-refractivity contribution in [1.29, 1.82) is 0 Å². The topological polar surface area (TPSA) is 140 Å². The highest BCUT2D eigenvalue weighted by Crippen LogP contribution is 2.46. The predicted octanol–water partition coefficient (Wildman–Crippen LogP) is 3.04. The summed E-state index contributed by atoms with van der Waals surface area (Å²) < 4.78 is 50.6. The number of likely N-dealkylation sites (tertiary alicyclic amines) is 1. The van der Waals surface area contributed by atoms with Gasteiger partial charge in [-0.3, -0.25) is 4.79 Å². The van der Waals surface area contributed by atoms with Crippen molar-refractivity contribution in [3.63, 3.8) is 0 Å². The standard InChI is InChI=1S/C22H23F3N6O5S/c1-12(32)29-21(13-4-3-5-14(10-13)22(23,24)25)6-8-30(9-7-21)19(34)36-20-31(18(26)33)15-16(35-2)27-11-28-17(15)37-20/h3-5,10-11,20H,6-9H2,1-2H3,(H2,26,33)(H,29,32). The summed E-state index contributed by atoms with van der Waals surface area (Å²) in [5, 5.41) is 3.11. The number of alkyl halides is 3. The first-order chi connectivity index (χ1) is 17.4. The lowest BCUT2D eigenvalue weighted by Gasteiger charge is -2.42. The van der Waals surface area contributed by atoms with Crippen LogP contribution in [0.5, 0.6) is 5.88 Å². The Hall–Kier alpha value is -3.75. The van der Waals surface area contributed by atoms with Crippen LogP contribution in [0.25, 0.3) is 0 Å². The van der Waals surface area contributed by atoms with E-state index >= 15 is 0 Å². The molecule has 1 fully saturated rings. The first-order valence-electron chi connectivity index (χ1n) is 11.0. The molecule has 11 nitrogen and oxygen atoms in total. The van der Waals surface area contributed by atoms with Crippen LogP contribution < -0.4 is 20.7 Å². The number of carbonyl (C=O) groups excluding carboxylic acids is 3. The van der Waals surface area contributed by atoms with Crippen LogP contribution in [0.3, 0.4) is 0 Å². The number of nitrogens with zero attached hydrogens (tertiary/aromatic N) is 4. The number of fused-ring (bicyclic) bond motifs is 1. The molecule has 0 aliphatic carbocycles. The van der Waals surface area contributed by atoms with Crippen LogP contribution in [-0.2, 0) is 21.2 Å². The van der Waals surface area contributed by atoms with E-state index in [9.17, 15) is 27.6 Å². The third kappa shape index (κ3) is 5.21. The van der Waals surface area contributed by atoms with Crippen LogP contribution in [-0.4, -0.2) is 58.7 Å². The molecule has 3 heterocycles. The molecule has 0 radical (unpaired) electrons. The highest BCUT2D eigenvalue weighted by molar-refractivity contribution is 8.00. The van der Waals surface area contributed by atoms with E-state index in [1.807, 2.05) is 0 Å². The summed E-state index contributed by atoms with van der Waals surface area (Å²) in [5.41, 5.74) is 2.86. The quantitative estimate of drug-likeness (QED) is 0.564. The molecule has 1 unspecified atom stereocenters. The Bertz CT molecular complexity index is 1220. The number of ether oxygens (including phenoxy) is 2. The minimum atomic E-state index is -4.55. The van der Waals surface area contributed by atoms with E-state index in [-0.39, 0.29) is 43.1 Å². The zero-order valence-electron chi connectivity index (χ0n) is 19.7. The highest BCUT2D eigenvalue weighted by Gasteiger charge is 2.44. The molecule has 37 heavy (non-hydrogen) atoms. The predicted molar refractivity (Wildman–Crippen MR) is 125 cm³/mol. The molecule has 3 N–H and O–H groups in total. The van der Waals surface area contributed by atoms with Gasteiger partial charge in [-0.15, -0.1) is 0 Å². The van der Waals surface area contributed by atoms with Crippen molar-refractivity contribution in [3.8, 4) is 5.88 Å². The van der Waals surface area contributed by atoms with Gasteiger partial charge in [0.1, 0.15) is 17.0 Å². The number of hydrogen-bond acceptors (Lipinski definition) is 8. The second-order valence-corrected chi connectivity index (χ2v) is 9.41. The van der Waals surface area contributed by atoms with Crippen LogP contribution in [0.4, 0.5) is 28.4 Å². The van der Waals surface area contributed by atoms with Gasteiger partial charge in [-0.25, -0.2) is 19.5 Å². The second kappa shape index (κ2) is 9.95. The van der Waals surface area contributed by atoms with Gasteiger partial charge in [-0.2, -0.15) is 18.2 Å². The summed E-state index contributed by atoms with van der Waals surface area (Å²) in [6, 6.07) is 3.86. The molecule has 4 rings (SSSR count). The number of halogens is 3. The summed E-state index contributed by atoms with van der Waals surface area (Å²) in [6.07, 6.45) is -3.81. The van der Waals surface area contributed by atoms with Gasteiger partial charge in [0.05, 0.1) is 18.2 Å². The normalized spacial score (nSPS) is 18.7. The Labute approximate surface area is 213 Å². The summed E-state index contributed by atoms with van der Waals surface area (Å²) in [7, 11) is 1.35. The lowest BCUT2D eigenvalue weighted by atomic mass is 9.80. The smallest absolute Gasteiger partial charge is 0.416 e. The van der Waals surface area contributed by atoms with E-state index in [0.717, 1.165) is 28.8 Å². The second-order valence-electron chi connectivity index (χ2n) is 8.38. The van der Waals surface area contributed by atoms with Crippen molar-refractivity contribution in [3.05, 3.63) is 41.7 Å². The zero-order chi connectivity index (χ0) is 27.0. The minimum Gasteiger partial charge on any atom is -0.479 e. The van der Waals surface area contributed by atoms with E-state index in [2.05, 4.69) is 15.3 Å². The number of primary amides is 1. The van der Waals surface area contributed by atoms with E-state index in [0.29, 0.717) is 5.03 Å². The maximum absolute atomic E-state index is 13.3. The molecular formula is C22H23F3N6O5S. The molecule has 2 aromatic rings. The number of rotatable bonds is 4. The average Bonchev–Trinajstić information content (AvgIpc) is 3.21. The molecule has 0 bridgehead atoms. The molecule has 2 aliphatic rings. The third-order valence-corrected chi connectivity index (χ3v) is 7.12. The van der Waals surface area contributed by atoms with Gasteiger partial charge in [-0.05, 0) is 42.3 Å². The molecule has 1 aromatic carbocycles. The van der Waals surface area contributed by atoms with Crippen molar-refractivity contribution in [2.45, 2.75) is 42.1 Å². The molecule has 0 spiro atoms. The van der Waals surface area contributed by atoms with Crippen LogP contribution in [0.15, 0.2) is 35.6 Å². The van der Waals surface area contributed by atoms with Gasteiger partial charge in [0, 0.05) is 20.0 Å². The van der Waals surface area contributed by atoms with E-state index < -0.39 is 40.9 Å². The molecular weight excluding hydrogens is 517 g/mol. The number of methoxy groups -OCH3 is 1. The molecule has 2 aliphatic heterocycles. The van der Waals surface area contributed by atoms with Gasteiger partial charge in [0.2, 0.25) is 17.3 Å². The Morgan fingerprint density at radius 1 is 1.22 bits per heavy atom. The van der Waals surface area contributed by atoms with Crippen LogP contribution in [0.2, 0.25) is 0 Å². The van der Waals surface area contributed by atoms with Gasteiger partial charge in [0.25, 0.3) is 0 Å². The van der Waals surface area contributed by atoms with Crippen molar-refractivity contribution in [2.75, 3.05) is 25.1 Å². The van der Waals surface area contributed by atoms with E-state index in [1.165, 1.54) is 37.4 Å². The summed E-state index contributed by atoms with van der Waals surface area (Å²) in [5.74, 6) is -0.338. The highest BCUT2D eigenvalue weighted by atomic mass is 32.2. The third-order valence-electron chi connectivity index (χ3n) is 6.08. The Balaban J connectivity index is 1.50. The lowest BCUT2D eigenvalue weighted by molar-refractivity contribution is -0.137. The molecule has 15 heteroatoms. The number of hydrogen-bond donors (Lipinski definition) is 2. The lowest BCUT2D eigenvalue weighted by Crippen LogP contribution is -2.54. The largest absolute Gasteiger partial charge is 0.479 e. The Kier molecular flexibility index (Phi) is 7.08. The number of nitrogens with two attached hydrogens (primary N) is 1. The SMILES string of the molecule is COc1ncnc2c1N(C(N)=O)C(OC(=O)N1CCC(NC(C)=O)(c3cccc(C(F)(F)F)c3)CC1)S2. The number of urea groups is 1. The van der Waals surface area contributed by atoms with Gasteiger partial charge in [0.15, 0.2) is 0 Å². The summed E-state index contributed by atoms with van der Waals surface area (Å²) in [4.78, 5) is 47.5.